The van der Waals surface area contributed by atoms with Gasteiger partial charge in [-0.1, -0.05) is 30.3 Å². The highest BCUT2D eigenvalue weighted by Crippen LogP contribution is 2.32. The van der Waals surface area contributed by atoms with E-state index in [9.17, 15) is 18.0 Å². The summed E-state index contributed by atoms with van der Waals surface area (Å²) in [5.74, 6) is 0.0102. The molecule has 8 heteroatoms. The molecule has 3 N–H and O–H groups in total. The summed E-state index contributed by atoms with van der Waals surface area (Å²) >= 11 is 0. The molecule has 0 saturated heterocycles. The van der Waals surface area contributed by atoms with Gasteiger partial charge in [-0.15, -0.1) is 12.4 Å². The third-order valence-corrected chi connectivity index (χ3v) is 4.30. The fourth-order valence-electron chi connectivity index (χ4n) is 2.82. The zero-order chi connectivity index (χ0) is 20.3. The lowest BCUT2D eigenvalue weighted by Gasteiger charge is -2.13. The van der Waals surface area contributed by atoms with Crippen molar-refractivity contribution in [1.82, 2.24) is 4.98 Å². The molecule has 0 atom stereocenters. The van der Waals surface area contributed by atoms with Crippen molar-refractivity contribution in [2.75, 3.05) is 5.32 Å². The maximum atomic E-state index is 12.8. The van der Waals surface area contributed by atoms with Crippen molar-refractivity contribution in [3.63, 3.8) is 0 Å². The van der Waals surface area contributed by atoms with Crippen LogP contribution in [-0.4, -0.2) is 10.9 Å². The number of carbonyl (C=O) groups excluding carboxylic acids is 1. The van der Waals surface area contributed by atoms with Crippen LogP contribution in [-0.2, 0) is 12.7 Å². The van der Waals surface area contributed by atoms with Crippen molar-refractivity contribution in [3.8, 4) is 11.1 Å². The Morgan fingerprint density at radius 1 is 1.10 bits per heavy atom. The van der Waals surface area contributed by atoms with Gasteiger partial charge >= 0.3 is 6.18 Å². The van der Waals surface area contributed by atoms with Gasteiger partial charge in [-0.25, -0.2) is 4.98 Å². The first kappa shape index (κ1) is 22.4. The van der Waals surface area contributed by atoms with E-state index < -0.39 is 17.6 Å². The number of benzene rings is 2. The molecule has 3 aromatic rings. The Bertz CT molecular complexity index is 1000. The number of halogens is 4. The SMILES string of the molecule is Cc1cc(CN)cnc1NC(=O)c1ccccc1-c1ccc(C(F)(F)F)cc1.Cl. The van der Waals surface area contributed by atoms with Crippen molar-refractivity contribution < 1.29 is 18.0 Å². The summed E-state index contributed by atoms with van der Waals surface area (Å²) in [6.07, 6.45) is -2.82. The number of aromatic nitrogens is 1. The molecule has 0 aliphatic rings. The van der Waals surface area contributed by atoms with Gasteiger partial charge in [0.2, 0.25) is 0 Å². The van der Waals surface area contributed by atoms with Crippen molar-refractivity contribution in [2.45, 2.75) is 19.6 Å². The Hall–Kier alpha value is -2.90. The number of anilines is 1. The highest BCUT2D eigenvalue weighted by atomic mass is 35.5. The van der Waals surface area contributed by atoms with Gasteiger partial charge in [0, 0.05) is 18.3 Å². The van der Waals surface area contributed by atoms with E-state index in [0.717, 1.165) is 23.3 Å². The third kappa shape index (κ3) is 5.13. The van der Waals surface area contributed by atoms with E-state index in [1.54, 1.807) is 30.5 Å². The van der Waals surface area contributed by atoms with E-state index in [1.165, 1.54) is 12.1 Å². The molecule has 2 aromatic carbocycles. The molecule has 0 fully saturated rings. The zero-order valence-electron chi connectivity index (χ0n) is 15.5. The number of alkyl halides is 3. The molecular weight excluding hydrogens is 403 g/mol. The number of nitrogens with one attached hydrogen (secondary N) is 1. The highest BCUT2D eigenvalue weighted by molar-refractivity contribution is 6.08. The maximum absolute atomic E-state index is 12.8. The minimum Gasteiger partial charge on any atom is -0.326 e. The van der Waals surface area contributed by atoms with E-state index in [2.05, 4.69) is 10.3 Å². The average Bonchev–Trinajstić information content (AvgIpc) is 2.69. The topological polar surface area (TPSA) is 68.0 Å². The van der Waals surface area contributed by atoms with Gasteiger partial charge in [-0.3, -0.25) is 4.79 Å². The molecule has 1 aromatic heterocycles. The van der Waals surface area contributed by atoms with Crippen LogP contribution in [0.1, 0.15) is 27.0 Å². The predicted octanol–water partition coefficient (Wildman–Crippen LogP) is 5.21. The highest BCUT2D eigenvalue weighted by Gasteiger charge is 2.30. The smallest absolute Gasteiger partial charge is 0.326 e. The number of hydrogen-bond donors (Lipinski definition) is 2. The van der Waals surface area contributed by atoms with Gasteiger partial charge in [0.05, 0.1) is 5.56 Å². The Labute approximate surface area is 172 Å². The molecule has 0 unspecified atom stereocenters. The number of aryl methyl sites for hydroxylation is 1. The predicted molar refractivity (Wildman–Crippen MR) is 109 cm³/mol. The molecule has 1 amide bonds. The number of hydrogen-bond acceptors (Lipinski definition) is 3. The van der Waals surface area contributed by atoms with Gasteiger partial charge in [0.15, 0.2) is 0 Å². The summed E-state index contributed by atoms with van der Waals surface area (Å²) in [6, 6.07) is 13.3. The average molecular weight is 422 g/mol. The van der Waals surface area contributed by atoms with Gasteiger partial charge in [0.25, 0.3) is 5.91 Å². The number of pyridine rings is 1. The van der Waals surface area contributed by atoms with Crippen LogP contribution in [0.25, 0.3) is 11.1 Å². The molecule has 0 radical (unpaired) electrons. The second-order valence-corrected chi connectivity index (χ2v) is 6.29. The molecule has 0 saturated carbocycles. The fraction of sp³-hybridized carbons (Fsp3) is 0.143. The second kappa shape index (κ2) is 9.07. The van der Waals surface area contributed by atoms with Crippen molar-refractivity contribution >= 4 is 24.1 Å². The van der Waals surface area contributed by atoms with E-state index in [1.807, 2.05) is 13.0 Å². The lowest BCUT2D eigenvalue weighted by atomic mass is 9.98. The molecule has 4 nitrogen and oxygen atoms in total. The molecule has 0 aliphatic heterocycles. The Morgan fingerprint density at radius 3 is 2.34 bits per heavy atom. The molecule has 3 rings (SSSR count). The lowest BCUT2D eigenvalue weighted by molar-refractivity contribution is -0.137. The number of nitrogens with two attached hydrogens (primary N) is 1. The van der Waals surface area contributed by atoms with E-state index in [-0.39, 0.29) is 12.4 Å². The van der Waals surface area contributed by atoms with Crippen LogP contribution in [0, 0.1) is 6.92 Å². The summed E-state index contributed by atoms with van der Waals surface area (Å²) in [6.45, 7) is 2.16. The zero-order valence-corrected chi connectivity index (χ0v) is 16.3. The number of carbonyl (C=O) groups is 1. The summed E-state index contributed by atoms with van der Waals surface area (Å²) in [5.41, 5.74) is 7.85. The first-order valence-electron chi connectivity index (χ1n) is 8.53. The first-order chi connectivity index (χ1) is 13.3. The van der Waals surface area contributed by atoms with Gasteiger partial charge in [-0.05, 0) is 53.4 Å². The van der Waals surface area contributed by atoms with Crippen LogP contribution in [0.4, 0.5) is 19.0 Å². The largest absolute Gasteiger partial charge is 0.416 e. The van der Waals surface area contributed by atoms with Crippen LogP contribution >= 0.6 is 12.4 Å². The van der Waals surface area contributed by atoms with E-state index in [0.29, 0.717) is 29.1 Å². The molecule has 0 spiro atoms. The molecule has 0 bridgehead atoms. The van der Waals surface area contributed by atoms with Gasteiger partial charge in [0.1, 0.15) is 5.82 Å². The fourth-order valence-corrected chi connectivity index (χ4v) is 2.82. The number of nitrogens with zero attached hydrogens (tertiary/aromatic N) is 1. The normalized spacial score (nSPS) is 10.9. The molecule has 152 valence electrons. The van der Waals surface area contributed by atoms with Crippen molar-refractivity contribution in [3.05, 3.63) is 83.0 Å². The quantitative estimate of drug-likeness (QED) is 0.607. The number of amides is 1. The summed E-state index contributed by atoms with van der Waals surface area (Å²) in [4.78, 5) is 17.0. The first-order valence-corrected chi connectivity index (χ1v) is 8.53. The van der Waals surface area contributed by atoms with E-state index >= 15 is 0 Å². The summed E-state index contributed by atoms with van der Waals surface area (Å²) < 4.78 is 38.4. The molecule has 1 heterocycles. The van der Waals surface area contributed by atoms with Crippen LogP contribution < -0.4 is 11.1 Å². The molecule has 0 aliphatic carbocycles. The Morgan fingerprint density at radius 2 is 1.76 bits per heavy atom. The van der Waals surface area contributed by atoms with Gasteiger partial charge < -0.3 is 11.1 Å². The monoisotopic (exact) mass is 421 g/mol. The Balaban J connectivity index is 0.00000300. The van der Waals surface area contributed by atoms with Crippen LogP contribution in [0.15, 0.2) is 60.8 Å². The maximum Gasteiger partial charge on any atom is 0.416 e. The van der Waals surface area contributed by atoms with Crippen molar-refractivity contribution in [1.29, 1.82) is 0 Å². The standard InChI is InChI=1S/C21H18F3N3O.ClH/c1-13-10-14(11-25)12-26-19(13)27-20(28)18-5-3-2-4-17(18)15-6-8-16(9-7-15)21(22,23)24;/h2-10,12H,11,25H2,1H3,(H,26,27,28);1H. The summed E-state index contributed by atoms with van der Waals surface area (Å²) in [7, 11) is 0. The third-order valence-electron chi connectivity index (χ3n) is 4.30. The molecule has 29 heavy (non-hydrogen) atoms. The second-order valence-electron chi connectivity index (χ2n) is 6.29. The van der Waals surface area contributed by atoms with Crippen LogP contribution in [0.2, 0.25) is 0 Å². The van der Waals surface area contributed by atoms with Crippen LogP contribution in [0.5, 0.6) is 0 Å². The van der Waals surface area contributed by atoms with Crippen molar-refractivity contribution in [2.24, 2.45) is 5.73 Å². The van der Waals surface area contributed by atoms with Crippen LogP contribution in [0.3, 0.4) is 0 Å². The van der Waals surface area contributed by atoms with Gasteiger partial charge in [-0.2, -0.15) is 13.2 Å². The number of rotatable bonds is 4. The minimum atomic E-state index is -4.41. The Kier molecular flexibility index (Phi) is 7.00. The minimum absolute atomic E-state index is 0. The molecular formula is C21H19ClF3N3O. The lowest BCUT2D eigenvalue weighted by Crippen LogP contribution is -2.15. The summed E-state index contributed by atoms with van der Waals surface area (Å²) in [5, 5.41) is 2.75. The van der Waals surface area contributed by atoms with E-state index in [4.69, 9.17) is 5.73 Å².